The molecule has 0 aliphatic carbocycles. The molecule has 8 heteroatoms. The fourth-order valence-electron chi connectivity index (χ4n) is 4.33. The van der Waals surface area contributed by atoms with Gasteiger partial charge in [0.15, 0.2) is 0 Å². The number of likely N-dealkylation sites (tertiary alicyclic amines) is 2. The number of fused-ring (bicyclic) bond motifs is 1. The predicted molar refractivity (Wildman–Crippen MR) is 95.3 cm³/mol. The molecule has 1 aromatic carbocycles. The van der Waals surface area contributed by atoms with E-state index in [0.717, 1.165) is 23.8 Å². The van der Waals surface area contributed by atoms with Gasteiger partial charge in [0, 0.05) is 51.0 Å². The molecule has 2 atom stereocenters. The van der Waals surface area contributed by atoms with Crippen molar-refractivity contribution in [1.29, 1.82) is 0 Å². The highest BCUT2D eigenvalue weighted by Gasteiger charge is 2.58. The van der Waals surface area contributed by atoms with E-state index in [1.807, 2.05) is 17.0 Å². The van der Waals surface area contributed by atoms with Crippen molar-refractivity contribution in [2.75, 3.05) is 26.2 Å². The number of hydrogen-bond donors (Lipinski definition) is 1. The smallest absolute Gasteiger partial charge is 0.313 e. The van der Waals surface area contributed by atoms with Gasteiger partial charge in [0.1, 0.15) is 17.0 Å². The van der Waals surface area contributed by atoms with Gasteiger partial charge in [0.2, 0.25) is 0 Å². The van der Waals surface area contributed by atoms with Gasteiger partial charge in [-0.05, 0) is 29.8 Å². The Labute approximate surface area is 160 Å². The molecule has 2 aliphatic rings. The van der Waals surface area contributed by atoms with Crippen molar-refractivity contribution in [3.8, 4) is 0 Å². The van der Waals surface area contributed by atoms with Crippen LogP contribution in [0, 0.1) is 23.0 Å². The molecule has 0 radical (unpaired) electrons. The van der Waals surface area contributed by atoms with Gasteiger partial charge in [-0.3, -0.25) is 19.5 Å². The highest BCUT2D eigenvalue weighted by molar-refractivity contribution is 5.95. The number of carboxylic acids is 1. The minimum atomic E-state index is -1.11. The van der Waals surface area contributed by atoms with Crippen molar-refractivity contribution in [1.82, 2.24) is 14.8 Å². The van der Waals surface area contributed by atoms with E-state index in [2.05, 4.69) is 4.98 Å². The summed E-state index contributed by atoms with van der Waals surface area (Å²) in [6.07, 6.45) is 3.42. The molecule has 2 saturated heterocycles. The average molecular weight is 387 g/mol. The monoisotopic (exact) mass is 387 g/mol. The van der Waals surface area contributed by atoms with Crippen LogP contribution >= 0.6 is 0 Å². The topological polar surface area (TPSA) is 73.7 Å². The molecule has 1 N–H and O–H groups in total. The Morgan fingerprint density at radius 2 is 2.04 bits per heavy atom. The molecule has 2 aromatic rings. The third kappa shape index (κ3) is 3.13. The standard InChI is InChI=1S/C20H19F2N3O3/c21-15-3-4-17(22)16(6-15)18(26)25-10-14-9-24(8-13-2-1-5-23-7-13)11-20(14,12-25)19(27)28/h1-7,14H,8-12H2,(H,27,28)/t14-,20-/m1/s1. The number of halogens is 2. The van der Waals surface area contributed by atoms with E-state index in [4.69, 9.17) is 0 Å². The van der Waals surface area contributed by atoms with E-state index in [0.29, 0.717) is 13.1 Å². The number of carbonyl (C=O) groups is 2. The zero-order chi connectivity index (χ0) is 19.9. The van der Waals surface area contributed by atoms with Crippen LogP contribution in [0.25, 0.3) is 0 Å². The minimum absolute atomic E-state index is 0.0225. The first kappa shape index (κ1) is 18.5. The minimum Gasteiger partial charge on any atom is -0.481 e. The number of benzene rings is 1. The largest absolute Gasteiger partial charge is 0.481 e. The number of pyridine rings is 1. The third-order valence-corrected chi connectivity index (χ3v) is 5.68. The first-order valence-corrected chi connectivity index (χ1v) is 8.98. The lowest BCUT2D eigenvalue weighted by molar-refractivity contribution is -0.148. The zero-order valence-electron chi connectivity index (χ0n) is 15.0. The van der Waals surface area contributed by atoms with Gasteiger partial charge in [-0.25, -0.2) is 8.78 Å². The third-order valence-electron chi connectivity index (χ3n) is 5.68. The molecular weight excluding hydrogens is 368 g/mol. The SMILES string of the molecule is O=C(c1cc(F)ccc1F)N1C[C@H]2CN(Cc3cccnc3)C[C@@]2(C(=O)O)C1. The Bertz CT molecular complexity index is 924. The molecule has 0 spiro atoms. The lowest BCUT2D eigenvalue weighted by atomic mass is 9.81. The first-order valence-electron chi connectivity index (χ1n) is 8.98. The maximum absolute atomic E-state index is 14.0. The van der Waals surface area contributed by atoms with E-state index >= 15 is 0 Å². The molecule has 0 saturated carbocycles. The van der Waals surface area contributed by atoms with Crippen LogP contribution in [0.4, 0.5) is 8.78 Å². The van der Waals surface area contributed by atoms with E-state index in [1.54, 1.807) is 12.4 Å². The summed E-state index contributed by atoms with van der Waals surface area (Å²) in [6, 6.07) is 6.46. The Hall–Kier alpha value is -2.87. The van der Waals surface area contributed by atoms with Gasteiger partial charge in [-0.2, -0.15) is 0 Å². The molecule has 2 fully saturated rings. The number of aliphatic carboxylic acids is 1. The second-order valence-electron chi connectivity index (χ2n) is 7.50. The van der Waals surface area contributed by atoms with Gasteiger partial charge in [-0.1, -0.05) is 6.07 Å². The van der Waals surface area contributed by atoms with Gasteiger partial charge in [-0.15, -0.1) is 0 Å². The first-order chi connectivity index (χ1) is 13.4. The number of carbonyl (C=O) groups excluding carboxylic acids is 1. The van der Waals surface area contributed by atoms with Crippen LogP contribution in [0.15, 0.2) is 42.7 Å². The van der Waals surface area contributed by atoms with Crippen molar-refractivity contribution in [3.05, 3.63) is 65.5 Å². The second-order valence-corrected chi connectivity index (χ2v) is 7.50. The highest BCUT2D eigenvalue weighted by atomic mass is 19.1. The molecule has 146 valence electrons. The van der Waals surface area contributed by atoms with E-state index in [-0.39, 0.29) is 31.1 Å². The van der Waals surface area contributed by atoms with Crippen LogP contribution < -0.4 is 0 Å². The molecule has 1 amide bonds. The van der Waals surface area contributed by atoms with Crippen LogP contribution in [0.2, 0.25) is 0 Å². The lowest BCUT2D eigenvalue weighted by Crippen LogP contribution is -2.42. The van der Waals surface area contributed by atoms with Crippen LogP contribution in [0.5, 0.6) is 0 Å². The highest BCUT2D eigenvalue weighted by Crippen LogP contribution is 2.43. The Morgan fingerprint density at radius 1 is 1.21 bits per heavy atom. The van der Waals surface area contributed by atoms with Gasteiger partial charge in [0.05, 0.1) is 5.56 Å². The molecule has 6 nitrogen and oxygen atoms in total. The number of nitrogens with zero attached hydrogens (tertiary/aromatic N) is 3. The van der Waals surface area contributed by atoms with Gasteiger partial charge >= 0.3 is 5.97 Å². The van der Waals surface area contributed by atoms with Gasteiger partial charge in [0.25, 0.3) is 5.91 Å². The van der Waals surface area contributed by atoms with Crippen LogP contribution in [0.3, 0.4) is 0 Å². The number of carboxylic acid groups (broad SMARTS) is 1. The Kier molecular flexibility index (Phi) is 4.58. The summed E-state index contributed by atoms with van der Waals surface area (Å²) in [7, 11) is 0. The summed E-state index contributed by atoms with van der Waals surface area (Å²) < 4.78 is 27.4. The van der Waals surface area contributed by atoms with Crippen LogP contribution in [-0.4, -0.2) is 57.9 Å². The molecule has 0 bridgehead atoms. The van der Waals surface area contributed by atoms with Crippen molar-refractivity contribution < 1.29 is 23.5 Å². The fraction of sp³-hybridized carbons (Fsp3) is 0.350. The van der Waals surface area contributed by atoms with Crippen molar-refractivity contribution in [2.45, 2.75) is 6.54 Å². The molecule has 4 rings (SSSR count). The molecular formula is C20H19F2N3O3. The Balaban J connectivity index is 1.53. The number of rotatable bonds is 4. The molecule has 0 unspecified atom stereocenters. The molecule has 1 aromatic heterocycles. The van der Waals surface area contributed by atoms with E-state index in [1.165, 1.54) is 4.90 Å². The van der Waals surface area contributed by atoms with Crippen LogP contribution in [-0.2, 0) is 11.3 Å². The maximum atomic E-state index is 14.0. The second kappa shape index (κ2) is 6.94. The van der Waals surface area contributed by atoms with Crippen molar-refractivity contribution in [3.63, 3.8) is 0 Å². The fourth-order valence-corrected chi connectivity index (χ4v) is 4.33. The average Bonchev–Trinajstić information content (AvgIpc) is 3.19. The maximum Gasteiger partial charge on any atom is 0.313 e. The number of aromatic nitrogens is 1. The normalized spacial score (nSPS) is 24.4. The van der Waals surface area contributed by atoms with E-state index < -0.39 is 28.9 Å². The van der Waals surface area contributed by atoms with Gasteiger partial charge < -0.3 is 10.0 Å². The summed E-state index contributed by atoms with van der Waals surface area (Å²) in [6.45, 7) is 1.55. The Morgan fingerprint density at radius 3 is 2.71 bits per heavy atom. The predicted octanol–water partition coefficient (Wildman–Crippen LogP) is 2.02. The quantitative estimate of drug-likeness (QED) is 0.869. The zero-order valence-corrected chi connectivity index (χ0v) is 15.0. The lowest BCUT2D eigenvalue weighted by Gasteiger charge is -2.25. The number of hydrogen-bond acceptors (Lipinski definition) is 4. The number of amides is 1. The molecule has 28 heavy (non-hydrogen) atoms. The van der Waals surface area contributed by atoms with Crippen molar-refractivity contribution >= 4 is 11.9 Å². The van der Waals surface area contributed by atoms with Crippen LogP contribution in [0.1, 0.15) is 15.9 Å². The summed E-state index contributed by atoms with van der Waals surface area (Å²) in [5.74, 6) is -3.44. The summed E-state index contributed by atoms with van der Waals surface area (Å²) in [5.41, 5.74) is -0.493. The summed E-state index contributed by atoms with van der Waals surface area (Å²) in [5, 5.41) is 9.92. The molecule has 3 heterocycles. The summed E-state index contributed by atoms with van der Waals surface area (Å²) >= 11 is 0. The van der Waals surface area contributed by atoms with E-state index in [9.17, 15) is 23.5 Å². The van der Waals surface area contributed by atoms with Crippen molar-refractivity contribution in [2.24, 2.45) is 11.3 Å². The summed E-state index contributed by atoms with van der Waals surface area (Å²) in [4.78, 5) is 32.3. The molecule has 2 aliphatic heterocycles.